The molecule has 4 nitrogen and oxygen atoms in total. The summed E-state index contributed by atoms with van der Waals surface area (Å²) in [5.74, 6) is -1.19. The van der Waals surface area contributed by atoms with Gasteiger partial charge in [-0.2, -0.15) is 13.2 Å². The van der Waals surface area contributed by atoms with Gasteiger partial charge in [0.05, 0.1) is 5.92 Å². The van der Waals surface area contributed by atoms with Gasteiger partial charge >= 0.3 is 6.18 Å². The van der Waals surface area contributed by atoms with Gasteiger partial charge in [0.15, 0.2) is 0 Å². The fourth-order valence-electron chi connectivity index (χ4n) is 4.76. The van der Waals surface area contributed by atoms with Crippen LogP contribution in [0.4, 0.5) is 13.2 Å². The number of halogens is 3. The molecule has 2 saturated heterocycles. The van der Waals surface area contributed by atoms with Gasteiger partial charge in [-0.15, -0.1) is 0 Å². The Bertz CT molecular complexity index is 680. The lowest BCUT2D eigenvalue weighted by atomic mass is 9.97. The zero-order valence-corrected chi connectivity index (χ0v) is 18.1. The standard InChI is InChI=1S/C23H34F3N3O/c1-3-21(4-2)28-12-14-29(15-13-28)22(30)19-9-7-18(8-10-19)16-27-11-5-6-20(17-27)23(24,25)26/h7-10,20-21H,3-6,11-17H2,1-2H3. The van der Waals surface area contributed by atoms with Crippen molar-refractivity contribution in [3.05, 3.63) is 35.4 Å². The Morgan fingerprint density at radius 2 is 1.67 bits per heavy atom. The van der Waals surface area contributed by atoms with Crippen molar-refractivity contribution < 1.29 is 18.0 Å². The van der Waals surface area contributed by atoms with Crippen LogP contribution in [0.1, 0.15) is 55.5 Å². The molecule has 2 heterocycles. The van der Waals surface area contributed by atoms with Crippen LogP contribution in [-0.4, -0.2) is 72.1 Å². The van der Waals surface area contributed by atoms with Crippen molar-refractivity contribution in [2.75, 3.05) is 39.3 Å². The minimum absolute atomic E-state index is 0.0425. The van der Waals surface area contributed by atoms with E-state index in [1.165, 1.54) is 0 Å². The third kappa shape index (κ3) is 5.76. The first-order valence-corrected chi connectivity index (χ1v) is 11.2. The van der Waals surface area contributed by atoms with Gasteiger partial charge in [-0.3, -0.25) is 14.6 Å². The fourth-order valence-corrected chi connectivity index (χ4v) is 4.76. The molecule has 0 aliphatic carbocycles. The van der Waals surface area contributed by atoms with E-state index in [-0.39, 0.29) is 18.9 Å². The summed E-state index contributed by atoms with van der Waals surface area (Å²) in [5, 5.41) is 0. The first kappa shape index (κ1) is 23.1. The Morgan fingerprint density at radius 3 is 2.23 bits per heavy atom. The lowest BCUT2D eigenvalue weighted by molar-refractivity contribution is -0.187. The van der Waals surface area contributed by atoms with Crippen LogP contribution in [0, 0.1) is 5.92 Å². The molecule has 1 unspecified atom stereocenters. The smallest absolute Gasteiger partial charge is 0.336 e. The minimum Gasteiger partial charge on any atom is -0.336 e. The van der Waals surface area contributed by atoms with Crippen LogP contribution in [-0.2, 0) is 6.54 Å². The summed E-state index contributed by atoms with van der Waals surface area (Å²) < 4.78 is 39.0. The highest BCUT2D eigenvalue weighted by Crippen LogP contribution is 2.33. The molecule has 0 aromatic heterocycles. The highest BCUT2D eigenvalue weighted by molar-refractivity contribution is 5.94. The highest BCUT2D eigenvalue weighted by Gasteiger charge is 2.41. The first-order chi connectivity index (χ1) is 14.3. The van der Waals surface area contributed by atoms with Gasteiger partial charge in [-0.25, -0.2) is 0 Å². The number of rotatable bonds is 6. The quantitative estimate of drug-likeness (QED) is 0.676. The second-order valence-corrected chi connectivity index (χ2v) is 8.61. The van der Waals surface area contributed by atoms with E-state index < -0.39 is 12.1 Å². The van der Waals surface area contributed by atoms with Crippen molar-refractivity contribution in [3.63, 3.8) is 0 Å². The number of likely N-dealkylation sites (tertiary alicyclic amines) is 1. The second-order valence-electron chi connectivity index (χ2n) is 8.61. The molecule has 1 atom stereocenters. The van der Waals surface area contributed by atoms with Gasteiger partial charge in [-0.05, 0) is 49.9 Å². The number of nitrogens with zero attached hydrogens (tertiary/aromatic N) is 3. The summed E-state index contributed by atoms with van der Waals surface area (Å²) in [6, 6.07) is 7.98. The first-order valence-electron chi connectivity index (χ1n) is 11.2. The Balaban J connectivity index is 1.52. The Hall–Kier alpha value is -1.60. The molecule has 0 bridgehead atoms. The molecule has 30 heavy (non-hydrogen) atoms. The molecule has 2 aliphatic rings. The van der Waals surface area contributed by atoms with Gasteiger partial charge < -0.3 is 4.90 Å². The molecule has 0 saturated carbocycles. The number of carbonyl (C=O) groups excluding carboxylic acids is 1. The number of hydrogen-bond donors (Lipinski definition) is 0. The lowest BCUT2D eigenvalue weighted by Crippen LogP contribution is -2.51. The normalized spacial score (nSPS) is 21.9. The van der Waals surface area contributed by atoms with Crippen molar-refractivity contribution in [3.8, 4) is 0 Å². The molecule has 2 aliphatic heterocycles. The van der Waals surface area contributed by atoms with Gasteiger partial charge in [-0.1, -0.05) is 26.0 Å². The third-order valence-corrected chi connectivity index (χ3v) is 6.64. The average molecular weight is 426 g/mol. The van der Waals surface area contributed by atoms with Crippen LogP contribution in [0.15, 0.2) is 24.3 Å². The van der Waals surface area contributed by atoms with E-state index in [2.05, 4.69) is 18.7 Å². The Kier molecular flexibility index (Phi) is 7.80. The maximum Gasteiger partial charge on any atom is 0.393 e. The summed E-state index contributed by atoms with van der Waals surface area (Å²) in [4.78, 5) is 19.1. The zero-order valence-electron chi connectivity index (χ0n) is 18.1. The van der Waals surface area contributed by atoms with E-state index in [0.29, 0.717) is 31.1 Å². The Labute approximate surface area is 178 Å². The van der Waals surface area contributed by atoms with Crippen LogP contribution in [0.25, 0.3) is 0 Å². The van der Waals surface area contributed by atoms with Gasteiger partial charge in [0.2, 0.25) is 0 Å². The molecule has 168 valence electrons. The SMILES string of the molecule is CCC(CC)N1CCN(C(=O)c2ccc(CN3CCCC(C(F)(F)F)C3)cc2)CC1. The minimum atomic E-state index is -4.12. The number of alkyl halides is 3. The summed E-state index contributed by atoms with van der Waals surface area (Å²) >= 11 is 0. The van der Waals surface area contributed by atoms with E-state index in [1.54, 1.807) is 0 Å². The molecule has 3 rings (SSSR count). The Morgan fingerprint density at radius 1 is 1.03 bits per heavy atom. The number of piperidine rings is 1. The summed E-state index contributed by atoms with van der Waals surface area (Å²) in [7, 11) is 0. The molecule has 7 heteroatoms. The van der Waals surface area contributed by atoms with E-state index in [1.807, 2.05) is 34.1 Å². The predicted molar refractivity (Wildman–Crippen MR) is 112 cm³/mol. The predicted octanol–water partition coefficient (Wildman–Crippen LogP) is 4.41. The highest BCUT2D eigenvalue weighted by atomic mass is 19.4. The molecular formula is C23H34F3N3O. The van der Waals surface area contributed by atoms with Crippen molar-refractivity contribution in [1.82, 2.24) is 14.7 Å². The maximum absolute atomic E-state index is 13.0. The topological polar surface area (TPSA) is 26.8 Å². The van der Waals surface area contributed by atoms with Gasteiger partial charge in [0.25, 0.3) is 5.91 Å². The van der Waals surface area contributed by atoms with E-state index >= 15 is 0 Å². The zero-order chi connectivity index (χ0) is 21.7. The average Bonchev–Trinajstić information content (AvgIpc) is 2.75. The van der Waals surface area contributed by atoms with Crippen molar-refractivity contribution >= 4 is 5.91 Å². The second kappa shape index (κ2) is 10.1. The molecule has 0 radical (unpaired) electrons. The van der Waals surface area contributed by atoms with Crippen LogP contribution >= 0.6 is 0 Å². The summed E-state index contributed by atoms with van der Waals surface area (Å²) in [5.41, 5.74) is 1.61. The number of benzene rings is 1. The maximum atomic E-state index is 13.0. The van der Waals surface area contributed by atoms with Crippen molar-refractivity contribution in [1.29, 1.82) is 0 Å². The molecule has 2 fully saturated rings. The lowest BCUT2D eigenvalue weighted by Gasteiger charge is -2.38. The number of piperazine rings is 1. The number of amides is 1. The monoisotopic (exact) mass is 425 g/mol. The van der Waals surface area contributed by atoms with Crippen LogP contribution in [0.5, 0.6) is 0 Å². The van der Waals surface area contributed by atoms with E-state index in [4.69, 9.17) is 0 Å². The number of hydrogen-bond acceptors (Lipinski definition) is 3. The van der Waals surface area contributed by atoms with Crippen molar-refractivity contribution in [2.24, 2.45) is 5.92 Å². The van der Waals surface area contributed by atoms with E-state index in [0.717, 1.165) is 44.6 Å². The third-order valence-electron chi connectivity index (χ3n) is 6.64. The summed E-state index contributed by atoms with van der Waals surface area (Å²) in [6.07, 6.45) is -1.06. The van der Waals surface area contributed by atoms with Crippen LogP contribution in [0.3, 0.4) is 0 Å². The summed E-state index contributed by atoms with van der Waals surface area (Å²) in [6.45, 7) is 8.96. The van der Waals surface area contributed by atoms with Crippen molar-refractivity contribution in [2.45, 2.75) is 58.3 Å². The number of carbonyl (C=O) groups is 1. The molecule has 0 N–H and O–H groups in total. The molecule has 0 spiro atoms. The molecule has 1 aromatic rings. The van der Waals surface area contributed by atoms with E-state index in [9.17, 15) is 18.0 Å². The van der Waals surface area contributed by atoms with Crippen LogP contribution in [0.2, 0.25) is 0 Å². The molecule has 1 aromatic carbocycles. The molecule has 1 amide bonds. The van der Waals surface area contributed by atoms with Crippen LogP contribution < -0.4 is 0 Å². The fraction of sp³-hybridized carbons (Fsp3) is 0.696. The largest absolute Gasteiger partial charge is 0.393 e. The molecular weight excluding hydrogens is 391 g/mol. The van der Waals surface area contributed by atoms with Gasteiger partial charge in [0, 0.05) is 50.9 Å². The van der Waals surface area contributed by atoms with Gasteiger partial charge in [0.1, 0.15) is 0 Å².